The molecule has 2 aromatic carbocycles. The first kappa shape index (κ1) is 12.9. The van der Waals surface area contributed by atoms with Crippen LogP contribution >= 0.6 is 0 Å². The maximum absolute atomic E-state index is 4.62. The topological polar surface area (TPSA) is 47.7 Å². The molecule has 4 rings (SSSR count). The summed E-state index contributed by atoms with van der Waals surface area (Å²) in [6.45, 7) is 4.20. The van der Waals surface area contributed by atoms with Crippen molar-refractivity contribution in [1.29, 1.82) is 0 Å². The van der Waals surface area contributed by atoms with Gasteiger partial charge in [0.2, 0.25) is 0 Å². The van der Waals surface area contributed by atoms with Gasteiger partial charge in [-0.1, -0.05) is 11.6 Å². The number of nitrogens with zero attached hydrogens (tertiary/aromatic N) is 4. The third-order valence-electron chi connectivity index (χ3n) is 3.81. The van der Waals surface area contributed by atoms with Crippen LogP contribution in [0, 0.1) is 13.8 Å². The molecule has 5 heteroatoms. The van der Waals surface area contributed by atoms with Gasteiger partial charge in [-0.3, -0.25) is 10.1 Å². The van der Waals surface area contributed by atoms with Crippen molar-refractivity contribution in [2.45, 2.75) is 13.8 Å². The highest BCUT2D eigenvalue weighted by atomic mass is 15.5. The van der Waals surface area contributed by atoms with Crippen LogP contribution in [0.5, 0.6) is 0 Å². The molecule has 0 amide bonds. The van der Waals surface area contributed by atoms with Crippen molar-refractivity contribution < 1.29 is 0 Å². The number of rotatable bonds is 2. The third-order valence-corrected chi connectivity index (χ3v) is 3.81. The van der Waals surface area contributed by atoms with Gasteiger partial charge in [0.1, 0.15) is 0 Å². The number of fused-ring (bicyclic) bond motifs is 2. The molecule has 0 saturated heterocycles. The average molecular weight is 291 g/mol. The lowest BCUT2D eigenvalue weighted by atomic mass is 10.1. The number of anilines is 1. The first-order valence-electron chi connectivity index (χ1n) is 7.25. The van der Waals surface area contributed by atoms with Gasteiger partial charge in [-0.05, 0) is 43.7 Å². The smallest absolute Gasteiger partial charge is 0.0973 e. The standard InChI is InChI=1S/C17H17N5/c1-11-6-12(2)17-14(7-11)10-22(20-17)18-15-4-5-16-13(8-15)9-21(3)19-16/h4-10,18H,1-3H3. The van der Waals surface area contributed by atoms with Crippen LogP contribution < -0.4 is 5.43 Å². The molecular formula is C17H17N5. The summed E-state index contributed by atoms with van der Waals surface area (Å²) in [4.78, 5) is 1.77. The third kappa shape index (κ3) is 2.11. The van der Waals surface area contributed by atoms with E-state index in [9.17, 15) is 0 Å². The SMILES string of the molecule is Cc1cc(C)c2nn(Nc3ccc4nn(C)cc4c3)cc2c1. The van der Waals surface area contributed by atoms with Gasteiger partial charge in [0.05, 0.1) is 22.9 Å². The fraction of sp³-hybridized carbons (Fsp3) is 0.176. The van der Waals surface area contributed by atoms with Gasteiger partial charge in [0, 0.05) is 24.0 Å². The van der Waals surface area contributed by atoms with Crippen molar-refractivity contribution in [3.63, 3.8) is 0 Å². The molecule has 5 nitrogen and oxygen atoms in total. The fourth-order valence-corrected chi connectivity index (χ4v) is 2.90. The summed E-state index contributed by atoms with van der Waals surface area (Å²) in [5.74, 6) is 0. The maximum Gasteiger partial charge on any atom is 0.0973 e. The Kier molecular flexibility index (Phi) is 2.69. The monoisotopic (exact) mass is 291 g/mol. The van der Waals surface area contributed by atoms with Crippen molar-refractivity contribution in [3.8, 4) is 0 Å². The molecule has 110 valence electrons. The van der Waals surface area contributed by atoms with E-state index < -0.39 is 0 Å². The lowest BCUT2D eigenvalue weighted by molar-refractivity contribution is 0.780. The average Bonchev–Trinajstić information content (AvgIpc) is 3.00. The molecule has 0 aliphatic rings. The largest absolute Gasteiger partial charge is 0.278 e. The van der Waals surface area contributed by atoms with Crippen molar-refractivity contribution in [2.24, 2.45) is 7.05 Å². The van der Waals surface area contributed by atoms with Gasteiger partial charge in [-0.25, -0.2) is 0 Å². The van der Waals surface area contributed by atoms with Gasteiger partial charge < -0.3 is 0 Å². The van der Waals surface area contributed by atoms with E-state index in [4.69, 9.17) is 0 Å². The zero-order valence-corrected chi connectivity index (χ0v) is 12.8. The second-order valence-corrected chi connectivity index (χ2v) is 5.78. The predicted molar refractivity (Wildman–Crippen MR) is 88.9 cm³/mol. The summed E-state index contributed by atoms with van der Waals surface area (Å²) in [5.41, 5.74) is 8.76. The van der Waals surface area contributed by atoms with Crippen LogP contribution in [0.1, 0.15) is 11.1 Å². The van der Waals surface area contributed by atoms with Gasteiger partial charge in [0.25, 0.3) is 0 Å². The van der Waals surface area contributed by atoms with Crippen molar-refractivity contribution in [1.82, 2.24) is 19.7 Å². The highest BCUT2D eigenvalue weighted by Gasteiger charge is 2.06. The number of aromatic nitrogens is 4. The molecule has 0 atom stereocenters. The van der Waals surface area contributed by atoms with Crippen LogP contribution in [-0.4, -0.2) is 19.7 Å². The zero-order valence-electron chi connectivity index (χ0n) is 12.8. The fourth-order valence-electron chi connectivity index (χ4n) is 2.90. The first-order valence-corrected chi connectivity index (χ1v) is 7.25. The Morgan fingerprint density at radius 1 is 0.955 bits per heavy atom. The summed E-state index contributed by atoms with van der Waals surface area (Å²) in [7, 11) is 1.93. The molecule has 22 heavy (non-hydrogen) atoms. The van der Waals surface area contributed by atoms with Crippen LogP contribution in [0.2, 0.25) is 0 Å². The van der Waals surface area contributed by atoms with E-state index in [1.807, 2.05) is 36.3 Å². The lowest BCUT2D eigenvalue weighted by Gasteiger charge is -2.05. The summed E-state index contributed by atoms with van der Waals surface area (Å²) in [6, 6.07) is 10.4. The van der Waals surface area contributed by atoms with Gasteiger partial charge >= 0.3 is 0 Å². The number of hydrogen-bond acceptors (Lipinski definition) is 3. The predicted octanol–water partition coefficient (Wildman–Crippen LogP) is 3.42. The summed E-state index contributed by atoms with van der Waals surface area (Å²) < 4.78 is 1.82. The van der Waals surface area contributed by atoms with Gasteiger partial charge in [0.15, 0.2) is 0 Å². The van der Waals surface area contributed by atoms with E-state index in [0.29, 0.717) is 0 Å². The number of nitrogens with one attached hydrogen (secondary N) is 1. The van der Waals surface area contributed by atoms with Crippen molar-refractivity contribution >= 4 is 27.5 Å². The molecule has 0 unspecified atom stereocenters. The molecule has 0 spiro atoms. The normalized spacial score (nSPS) is 11.4. The molecule has 0 aliphatic carbocycles. The van der Waals surface area contributed by atoms with E-state index in [2.05, 4.69) is 47.7 Å². The van der Waals surface area contributed by atoms with Gasteiger partial charge in [-0.15, -0.1) is 0 Å². The Labute approximate surface area is 128 Å². The highest BCUT2D eigenvalue weighted by Crippen LogP contribution is 2.21. The Morgan fingerprint density at radius 2 is 1.82 bits per heavy atom. The van der Waals surface area contributed by atoms with E-state index in [0.717, 1.165) is 27.5 Å². The molecule has 0 saturated carbocycles. The Balaban J connectivity index is 1.73. The molecule has 1 N–H and O–H groups in total. The van der Waals surface area contributed by atoms with E-state index >= 15 is 0 Å². The Bertz CT molecular complexity index is 993. The van der Waals surface area contributed by atoms with Crippen LogP contribution in [0.25, 0.3) is 21.8 Å². The lowest BCUT2D eigenvalue weighted by Crippen LogP contribution is -2.08. The molecule has 2 aromatic heterocycles. The molecule has 0 bridgehead atoms. The van der Waals surface area contributed by atoms with Crippen LogP contribution in [-0.2, 0) is 7.05 Å². The van der Waals surface area contributed by atoms with Crippen LogP contribution in [0.4, 0.5) is 5.69 Å². The summed E-state index contributed by atoms with van der Waals surface area (Å²) in [5, 5.41) is 11.3. The minimum absolute atomic E-state index is 0.989. The second-order valence-electron chi connectivity index (χ2n) is 5.78. The van der Waals surface area contributed by atoms with E-state index in [-0.39, 0.29) is 0 Å². The molecule has 0 fully saturated rings. The van der Waals surface area contributed by atoms with Gasteiger partial charge in [-0.2, -0.15) is 15.0 Å². The zero-order chi connectivity index (χ0) is 15.3. The maximum atomic E-state index is 4.62. The molecule has 0 aliphatic heterocycles. The Hall–Kier alpha value is -2.82. The first-order chi connectivity index (χ1) is 10.6. The molecule has 4 aromatic rings. The van der Waals surface area contributed by atoms with Crippen molar-refractivity contribution in [3.05, 3.63) is 53.9 Å². The summed E-state index contributed by atoms with van der Waals surface area (Å²) >= 11 is 0. The molecule has 0 radical (unpaired) electrons. The van der Waals surface area contributed by atoms with Crippen molar-refractivity contribution in [2.75, 3.05) is 5.43 Å². The minimum atomic E-state index is 0.989. The highest BCUT2D eigenvalue weighted by molar-refractivity contribution is 5.83. The Morgan fingerprint density at radius 3 is 2.68 bits per heavy atom. The quantitative estimate of drug-likeness (QED) is 0.615. The number of hydrogen-bond donors (Lipinski definition) is 1. The van der Waals surface area contributed by atoms with E-state index in [1.165, 1.54) is 11.1 Å². The molecular weight excluding hydrogens is 274 g/mol. The van der Waals surface area contributed by atoms with E-state index in [1.54, 1.807) is 4.79 Å². The second kappa shape index (κ2) is 4.59. The summed E-state index contributed by atoms with van der Waals surface area (Å²) in [6.07, 6.45) is 4.02. The minimum Gasteiger partial charge on any atom is -0.278 e. The molecule has 2 heterocycles. The number of aryl methyl sites for hydroxylation is 3. The number of benzene rings is 2. The van der Waals surface area contributed by atoms with Crippen LogP contribution in [0.3, 0.4) is 0 Å². The van der Waals surface area contributed by atoms with Crippen LogP contribution in [0.15, 0.2) is 42.7 Å².